The van der Waals surface area contributed by atoms with E-state index < -0.39 is 0 Å². The van der Waals surface area contributed by atoms with Gasteiger partial charge in [-0.3, -0.25) is 4.79 Å². The van der Waals surface area contributed by atoms with Gasteiger partial charge in [-0.05, 0) is 44.6 Å². The molecule has 1 aromatic rings. The zero-order valence-electron chi connectivity index (χ0n) is 12.7. The summed E-state index contributed by atoms with van der Waals surface area (Å²) < 4.78 is 5.53. The summed E-state index contributed by atoms with van der Waals surface area (Å²) in [6, 6.07) is 5.57. The van der Waals surface area contributed by atoms with Crippen LogP contribution in [0.1, 0.15) is 43.0 Å². The molecule has 5 heteroatoms. The Morgan fingerprint density at radius 3 is 3.00 bits per heavy atom. The van der Waals surface area contributed by atoms with Gasteiger partial charge in [-0.2, -0.15) is 11.8 Å². The molecule has 116 valence electrons. The van der Waals surface area contributed by atoms with Crippen molar-refractivity contribution in [2.24, 2.45) is 0 Å². The summed E-state index contributed by atoms with van der Waals surface area (Å²) in [7, 11) is 0. The molecule has 0 heterocycles. The second-order valence-corrected chi connectivity index (χ2v) is 6.49. The van der Waals surface area contributed by atoms with E-state index >= 15 is 0 Å². The largest absolute Gasteiger partial charge is 0.493 e. The van der Waals surface area contributed by atoms with E-state index in [4.69, 9.17) is 10.5 Å². The Labute approximate surface area is 130 Å². The van der Waals surface area contributed by atoms with Crippen LogP contribution in [0.25, 0.3) is 0 Å². The summed E-state index contributed by atoms with van der Waals surface area (Å²) in [5.74, 6) is 0.440. The van der Waals surface area contributed by atoms with Crippen molar-refractivity contribution in [2.45, 2.75) is 43.9 Å². The van der Waals surface area contributed by atoms with Crippen molar-refractivity contribution in [3.8, 4) is 5.75 Å². The van der Waals surface area contributed by atoms with Crippen LogP contribution in [0.4, 0.5) is 5.69 Å². The number of thioether (sulfide) groups is 1. The number of hydrogen-bond donors (Lipinski definition) is 2. The average molecular weight is 308 g/mol. The number of nitrogens with one attached hydrogen (secondary N) is 1. The summed E-state index contributed by atoms with van der Waals surface area (Å²) >= 11 is 1.89. The predicted octanol–water partition coefficient (Wildman–Crippen LogP) is 3.07. The second-order valence-electron chi connectivity index (χ2n) is 5.35. The molecule has 0 aliphatic heterocycles. The maximum Gasteiger partial charge on any atom is 0.257 e. The first-order chi connectivity index (χ1) is 10.2. The van der Waals surface area contributed by atoms with E-state index in [1.54, 1.807) is 12.1 Å². The van der Waals surface area contributed by atoms with Gasteiger partial charge in [0.15, 0.2) is 0 Å². The Morgan fingerprint density at radius 2 is 2.29 bits per heavy atom. The van der Waals surface area contributed by atoms with Crippen LogP contribution in [0.15, 0.2) is 18.2 Å². The minimum atomic E-state index is -0.122. The number of nitrogens with two attached hydrogens (primary N) is 1. The van der Waals surface area contributed by atoms with E-state index in [2.05, 4.69) is 11.6 Å². The first kappa shape index (κ1) is 16.0. The highest BCUT2D eigenvalue weighted by molar-refractivity contribution is 7.99. The van der Waals surface area contributed by atoms with Crippen molar-refractivity contribution in [1.29, 1.82) is 0 Å². The van der Waals surface area contributed by atoms with Crippen LogP contribution in [0, 0.1) is 0 Å². The van der Waals surface area contributed by atoms with Crippen LogP contribution in [-0.4, -0.2) is 30.1 Å². The molecular formula is C16H24N2O2S. The zero-order valence-corrected chi connectivity index (χ0v) is 13.5. The van der Waals surface area contributed by atoms with E-state index in [1.165, 1.54) is 12.8 Å². The van der Waals surface area contributed by atoms with Crippen LogP contribution in [0.5, 0.6) is 5.75 Å². The molecule has 0 bridgehead atoms. The highest BCUT2D eigenvalue weighted by Crippen LogP contribution is 2.29. The fraction of sp³-hybridized carbons (Fsp3) is 0.562. The van der Waals surface area contributed by atoms with Crippen LogP contribution in [0.3, 0.4) is 0 Å². The molecule has 1 fully saturated rings. The summed E-state index contributed by atoms with van der Waals surface area (Å²) in [5, 5.41) is 3.77. The molecule has 1 aliphatic carbocycles. The summed E-state index contributed by atoms with van der Waals surface area (Å²) in [4.78, 5) is 12.5. The number of carbonyl (C=O) groups excluding carboxylic acids is 1. The Morgan fingerprint density at radius 1 is 1.48 bits per heavy atom. The first-order valence-electron chi connectivity index (χ1n) is 7.50. The minimum absolute atomic E-state index is 0.122. The van der Waals surface area contributed by atoms with Gasteiger partial charge < -0.3 is 15.8 Å². The normalized spacial score (nSPS) is 21.8. The maximum atomic E-state index is 12.5. The Kier molecular flexibility index (Phi) is 5.79. The van der Waals surface area contributed by atoms with E-state index in [-0.39, 0.29) is 11.9 Å². The van der Waals surface area contributed by atoms with E-state index in [0.29, 0.717) is 28.9 Å². The quantitative estimate of drug-likeness (QED) is 0.821. The van der Waals surface area contributed by atoms with Crippen LogP contribution in [-0.2, 0) is 0 Å². The average Bonchev–Trinajstić information content (AvgIpc) is 2.47. The number of benzene rings is 1. The van der Waals surface area contributed by atoms with Gasteiger partial charge in [0.2, 0.25) is 0 Å². The number of ether oxygens (including phenoxy) is 1. The molecule has 2 unspecified atom stereocenters. The van der Waals surface area contributed by atoms with Crippen molar-refractivity contribution >= 4 is 23.4 Å². The van der Waals surface area contributed by atoms with Crippen LogP contribution < -0.4 is 15.8 Å². The smallest absolute Gasteiger partial charge is 0.257 e. The summed E-state index contributed by atoms with van der Waals surface area (Å²) in [6.45, 7) is 2.41. The topological polar surface area (TPSA) is 64.3 Å². The standard InChI is InChI=1S/C16H24N2O2S/c1-3-20-14-9-5-8-13(17)15(14)16(19)18-11-6-4-7-12(10-11)21-2/h5,8-9,11-12H,3-4,6-7,10,17H2,1-2H3,(H,18,19). The van der Waals surface area contributed by atoms with Crippen molar-refractivity contribution in [2.75, 3.05) is 18.6 Å². The number of rotatable bonds is 5. The molecule has 3 N–H and O–H groups in total. The number of nitrogen functional groups attached to an aromatic ring is 1. The van der Waals surface area contributed by atoms with Gasteiger partial charge >= 0.3 is 0 Å². The minimum Gasteiger partial charge on any atom is -0.493 e. The lowest BCUT2D eigenvalue weighted by molar-refractivity contribution is 0.0925. The third kappa shape index (κ3) is 4.06. The van der Waals surface area contributed by atoms with Gasteiger partial charge in [0.1, 0.15) is 11.3 Å². The molecule has 1 saturated carbocycles. The number of hydrogen-bond acceptors (Lipinski definition) is 4. The lowest BCUT2D eigenvalue weighted by atomic mass is 9.94. The third-order valence-corrected chi connectivity index (χ3v) is 4.97. The van der Waals surface area contributed by atoms with Crippen LogP contribution in [0.2, 0.25) is 0 Å². The van der Waals surface area contributed by atoms with E-state index in [1.807, 2.05) is 24.8 Å². The number of carbonyl (C=O) groups is 1. The molecule has 1 amide bonds. The lowest BCUT2D eigenvalue weighted by Crippen LogP contribution is -2.39. The maximum absolute atomic E-state index is 12.5. The van der Waals surface area contributed by atoms with Crippen molar-refractivity contribution in [1.82, 2.24) is 5.32 Å². The van der Waals surface area contributed by atoms with E-state index in [0.717, 1.165) is 12.8 Å². The molecule has 0 radical (unpaired) electrons. The van der Waals surface area contributed by atoms with Crippen molar-refractivity contribution in [3.05, 3.63) is 23.8 Å². The molecule has 4 nitrogen and oxygen atoms in total. The third-order valence-electron chi connectivity index (χ3n) is 3.88. The molecule has 0 spiro atoms. The fourth-order valence-electron chi connectivity index (χ4n) is 2.81. The molecule has 1 aliphatic rings. The highest BCUT2D eigenvalue weighted by atomic mass is 32.2. The highest BCUT2D eigenvalue weighted by Gasteiger charge is 2.25. The zero-order chi connectivity index (χ0) is 15.2. The molecule has 21 heavy (non-hydrogen) atoms. The second kappa shape index (κ2) is 7.59. The SMILES string of the molecule is CCOc1cccc(N)c1C(=O)NC1CCCC(SC)C1. The molecule has 0 saturated heterocycles. The lowest BCUT2D eigenvalue weighted by Gasteiger charge is -2.29. The van der Waals surface area contributed by atoms with Gasteiger partial charge in [-0.1, -0.05) is 12.5 Å². The van der Waals surface area contributed by atoms with Gasteiger partial charge in [0, 0.05) is 17.0 Å². The number of amides is 1. The molecular weight excluding hydrogens is 284 g/mol. The first-order valence-corrected chi connectivity index (χ1v) is 8.79. The van der Waals surface area contributed by atoms with Gasteiger partial charge in [0.05, 0.1) is 6.61 Å². The molecule has 1 aromatic carbocycles. The predicted molar refractivity (Wildman–Crippen MR) is 89.0 cm³/mol. The van der Waals surface area contributed by atoms with Crippen molar-refractivity contribution < 1.29 is 9.53 Å². The fourth-order valence-corrected chi connectivity index (χ4v) is 3.64. The monoisotopic (exact) mass is 308 g/mol. The Bertz CT molecular complexity index is 493. The Balaban J connectivity index is 2.09. The van der Waals surface area contributed by atoms with Gasteiger partial charge in [0.25, 0.3) is 5.91 Å². The summed E-state index contributed by atoms with van der Waals surface area (Å²) in [6.07, 6.45) is 6.62. The number of anilines is 1. The van der Waals surface area contributed by atoms with Crippen molar-refractivity contribution in [3.63, 3.8) is 0 Å². The molecule has 0 aromatic heterocycles. The van der Waals surface area contributed by atoms with Gasteiger partial charge in [-0.15, -0.1) is 0 Å². The van der Waals surface area contributed by atoms with Gasteiger partial charge in [-0.25, -0.2) is 0 Å². The Hall–Kier alpha value is -1.36. The molecule has 2 atom stereocenters. The molecule has 2 rings (SSSR count). The summed E-state index contributed by atoms with van der Waals surface area (Å²) in [5.41, 5.74) is 6.90. The van der Waals surface area contributed by atoms with E-state index in [9.17, 15) is 4.79 Å². The van der Waals surface area contributed by atoms with Crippen LogP contribution >= 0.6 is 11.8 Å².